The van der Waals surface area contributed by atoms with Gasteiger partial charge in [-0.25, -0.2) is 0 Å². The molecule has 1 aliphatic heterocycles. The van der Waals surface area contributed by atoms with E-state index in [-0.39, 0.29) is 17.8 Å². The lowest BCUT2D eigenvalue weighted by atomic mass is 9.80. The van der Waals surface area contributed by atoms with Crippen LogP contribution in [0.3, 0.4) is 0 Å². The van der Waals surface area contributed by atoms with Gasteiger partial charge in [-0.3, -0.25) is 4.79 Å². The van der Waals surface area contributed by atoms with E-state index in [1.165, 1.54) is 16.0 Å². The highest BCUT2D eigenvalue weighted by atomic mass is 16.5. The number of carbonyl (C=O) groups is 1. The van der Waals surface area contributed by atoms with Gasteiger partial charge in [-0.1, -0.05) is 60.7 Å². The highest BCUT2D eigenvalue weighted by Crippen LogP contribution is 2.29. The third kappa shape index (κ3) is 4.04. The lowest BCUT2D eigenvalue weighted by Gasteiger charge is -2.35. The Kier molecular flexibility index (Phi) is 5.65. The summed E-state index contributed by atoms with van der Waals surface area (Å²) in [6, 6.07) is 21.0. The number of likely N-dealkylation sites (tertiary alicyclic amines) is 1. The Morgan fingerprint density at radius 2 is 1.75 bits per heavy atom. The molecule has 24 heavy (non-hydrogen) atoms. The summed E-state index contributed by atoms with van der Waals surface area (Å²) in [7, 11) is 0. The van der Waals surface area contributed by atoms with E-state index < -0.39 is 0 Å². The SMILES string of the molecule is CCOC(=O)[C@@H]1CC[NH+](Cc2ccccc2)C[C@@H]1c1ccccc1. The van der Waals surface area contributed by atoms with E-state index in [0.29, 0.717) is 6.61 Å². The van der Waals surface area contributed by atoms with Crippen molar-refractivity contribution < 1.29 is 14.4 Å². The first-order valence-corrected chi connectivity index (χ1v) is 8.87. The minimum Gasteiger partial charge on any atom is -0.466 e. The molecule has 3 rings (SSSR count). The van der Waals surface area contributed by atoms with E-state index in [4.69, 9.17) is 4.74 Å². The fourth-order valence-corrected chi connectivity index (χ4v) is 3.74. The van der Waals surface area contributed by atoms with Crippen LogP contribution in [0.4, 0.5) is 0 Å². The lowest BCUT2D eigenvalue weighted by Crippen LogP contribution is -3.12. The zero-order valence-corrected chi connectivity index (χ0v) is 14.3. The Hall–Kier alpha value is -2.13. The van der Waals surface area contributed by atoms with E-state index in [9.17, 15) is 4.79 Å². The van der Waals surface area contributed by atoms with Crippen molar-refractivity contribution in [3.63, 3.8) is 0 Å². The van der Waals surface area contributed by atoms with Crippen LogP contribution in [-0.2, 0) is 16.1 Å². The summed E-state index contributed by atoms with van der Waals surface area (Å²) in [5, 5.41) is 0. The summed E-state index contributed by atoms with van der Waals surface area (Å²) in [4.78, 5) is 14.0. The molecule has 0 saturated carbocycles. The third-order valence-electron chi connectivity index (χ3n) is 4.92. The van der Waals surface area contributed by atoms with Crippen LogP contribution in [0.2, 0.25) is 0 Å². The van der Waals surface area contributed by atoms with Gasteiger partial charge in [0.1, 0.15) is 6.54 Å². The molecule has 2 aromatic carbocycles. The third-order valence-corrected chi connectivity index (χ3v) is 4.92. The number of esters is 1. The van der Waals surface area contributed by atoms with E-state index in [0.717, 1.165) is 26.1 Å². The number of hydrogen-bond acceptors (Lipinski definition) is 2. The molecule has 0 bridgehead atoms. The topological polar surface area (TPSA) is 30.7 Å². The highest BCUT2D eigenvalue weighted by molar-refractivity contribution is 5.73. The summed E-state index contributed by atoms with van der Waals surface area (Å²) in [5.74, 6) is 0.176. The average molecular weight is 324 g/mol. The van der Waals surface area contributed by atoms with Gasteiger partial charge < -0.3 is 9.64 Å². The summed E-state index contributed by atoms with van der Waals surface area (Å²) in [6.07, 6.45) is 0.889. The molecule has 3 nitrogen and oxygen atoms in total. The van der Waals surface area contributed by atoms with Crippen LogP contribution in [0.1, 0.15) is 30.4 Å². The molecule has 0 aromatic heterocycles. The van der Waals surface area contributed by atoms with Crippen molar-refractivity contribution in [3.05, 3.63) is 71.8 Å². The van der Waals surface area contributed by atoms with Gasteiger partial charge in [-0.2, -0.15) is 0 Å². The Balaban J connectivity index is 1.76. The zero-order chi connectivity index (χ0) is 16.8. The molecule has 1 saturated heterocycles. The number of ether oxygens (including phenoxy) is 1. The van der Waals surface area contributed by atoms with E-state index in [1.54, 1.807) is 0 Å². The van der Waals surface area contributed by atoms with E-state index >= 15 is 0 Å². The molecule has 1 N–H and O–H groups in total. The second kappa shape index (κ2) is 8.11. The fraction of sp³-hybridized carbons (Fsp3) is 0.381. The number of rotatable bonds is 5. The predicted molar refractivity (Wildman–Crippen MR) is 94.8 cm³/mol. The van der Waals surface area contributed by atoms with Crippen LogP contribution in [0.5, 0.6) is 0 Å². The molecule has 1 heterocycles. The smallest absolute Gasteiger partial charge is 0.310 e. The van der Waals surface area contributed by atoms with Crippen LogP contribution in [0, 0.1) is 5.92 Å². The van der Waals surface area contributed by atoms with Crippen molar-refractivity contribution in [2.45, 2.75) is 25.8 Å². The van der Waals surface area contributed by atoms with Gasteiger partial charge in [-0.15, -0.1) is 0 Å². The number of piperidine rings is 1. The highest BCUT2D eigenvalue weighted by Gasteiger charge is 2.38. The van der Waals surface area contributed by atoms with Gasteiger partial charge in [-0.05, 0) is 12.5 Å². The molecule has 3 heteroatoms. The number of quaternary nitrogens is 1. The molecule has 0 spiro atoms. The molecule has 126 valence electrons. The molecular weight excluding hydrogens is 298 g/mol. The lowest BCUT2D eigenvalue weighted by molar-refractivity contribution is -0.921. The first kappa shape index (κ1) is 16.7. The molecule has 2 aromatic rings. The maximum Gasteiger partial charge on any atom is 0.310 e. The second-order valence-electron chi connectivity index (χ2n) is 6.53. The molecule has 1 unspecified atom stereocenters. The molecule has 3 atom stereocenters. The van der Waals surface area contributed by atoms with Crippen molar-refractivity contribution in [3.8, 4) is 0 Å². The van der Waals surface area contributed by atoms with Gasteiger partial charge in [0.2, 0.25) is 0 Å². The quantitative estimate of drug-likeness (QED) is 0.857. The number of hydrogen-bond donors (Lipinski definition) is 1. The minimum atomic E-state index is -0.0369. The summed E-state index contributed by atoms with van der Waals surface area (Å²) < 4.78 is 5.34. The number of nitrogens with one attached hydrogen (secondary N) is 1. The van der Waals surface area contributed by atoms with Crippen LogP contribution in [0.15, 0.2) is 60.7 Å². The fourth-order valence-electron chi connectivity index (χ4n) is 3.74. The second-order valence-corrected chi connectivity index (χ2v) is 6.53. The van der Waals surface area contributed by atoms with Crippen LogP contribution >= 0.6 is 0 Å². The molecule has 0 aliphatic carbocycles. The van der Waals surface area contributed by atoms with Gasteiger partial charge in [0, 0.05) is 17.9 Å². The zero-order valence-electron chi connectivity index (χ0n) is 14.3. The number of benzene rings is 2. The Morgan fingerprint density at radius 1 is 1.08 bits per heavy atom. The largest absolute Gasteiger partial charge is 0.466 e. The molecule has 0 amide bonds. The molecule has 1 aliphatic rings. The van der Waals surface area contributed by atoms with Crippen molar-refractivity contribution in [1.29, 1.82) is 0 Å². The minimum absolute atomic E-state index is 0.0214. The Labute approximate surface area is 144 Å². The monoisotopic (exact) mass is 324 g/mol. The van der Waals surface area contributed by atoms with Crippen LogP contribution < -0.4 is 4.90 Å². The molecular formula is C21H26NO2+. The van der Waals surface area contributed by atoms with Crippen molar-refractivity contribution in [2.24, 2.45) is 5.92 Å². The van der Waals surface area contributed by atoms with Crippen molar-refractivity contribution in [1.82, 2.24) is 0 Å². The maximum atomic E-state index is 12.4. The summed E-state index contributed by atoms with van der Waals surface area (Å²) >= 11 is 0. The van der Waals surface area contributed by atoms with E-state index in [2.05, 4.69) is 54.6 Å². The summed E-state index contributed by atoms with van der Waals surface area (Å²) in [5.41, 5.74) is 2.61. The first-order chi connectivity index (χ1) is 11.8. The molecule has 1 fully saturated rings. The maximum absolute atomic E-state index is 12.4. The number of carbonyl (C=O) groups excluding carboxylic acids is 1. The standard InChI is InChI=1S/C21H25NO2/c1-2-24-21(23)19-13-14-22(15-17-9-5-3-6-10-17)16-20(19)18-11-7-4-8-12-18/h3-12,19-20H,2,13-16H2,1H3/p+1/t19-,20-/m1/s1. The summed E-state index contributed by atoms with van der Waals surface area (Å²) in [6.45, 7) is 5.34. The Morgan fingerprint density at radius 3 is 2.42 bits per heavy atom. The Bertz CT molecular complexity index is 641. The van der Waals surface area contributed by atoms with Gasteiger partial charge in [0.15, 0.2) is 0 Å². The van der Waals surface area contributed by atoms with Crippen molar-refractivity contribution >= 4 is 5.97 Å². The van der Waals surface area contributed by atoms with Crippen molar-refractivity contribution in [2.75, 3.05) is 19.7 Å². The van der Waals surface area contributed by atoms with E-state index in [1.807, 2.05) is 13.0 Å². The van der Waals surface area contributed by atoms with Crippen LogP contribution in [0.25, 0.3) is 0 Å². The van der Waals surface area contributed by atoms with Gasteiger partial charge >= 0.3 is 5.97 Å². The normalized spacial score (nSPS) is 23.6. The average Bonchev–Trinajstić information content (AvgIpc) is 2.63. The predicted octanol–water partition coefficient (Wildman–Crippen LogP) is 2.44. The van der Waals surface area contributed by atoms with Crippen LogP contribution in [-0.4, -0.2) is 25.7 Å². The first-order valence-electron chi connectivity index (χ1n) is 8.87. The molecule has 0 radical (unpaired) electrons. The van der Waals surface area contributed by atoms with Gasteiger partial charge in [0.25, 0.3) is 0 Å². The van der Waals surface area contributed by atoms with Gasteiger partial charge in [0.05, 0.1) is 25.6 Å².